The normalized spacial score (nSPS) is 27.9. The molecule has 1 aliphatic carbocycles. The molecule has 1 saturated heterocycles. The van der Waals surface area contributed by atoms with E-state index in [1.165, 1.54) is 5.56 Å². The minimum atomic E-state index is 0.164. The van der Waals surface area contributed by atoms with Gasteiger partial charge in [0.05, 0.1) is 6.04 Å². The predicted molar refractivity (Wildman–Crippen MR) is 87.8 cm³/mol. The van der Waals surface area contributed by atoms with Crippen molar-refractivity contribution in [3.05, 3.63) is 54.1 Å². The highest BCUT2D eigenvalue weighted by Crippen LogP contribution is 2.48. The number of benzene rings is 1. The third kappa shape index (κ3) is 2.77. The molecule has 1 amide bonds. The number of hydrogen-bond acceptors (Lipinski definition) is 3. The maximum Gasteiger partial charge on any atom is 0.226 e. The lowest BCUT2D eigenvalue weighted by atomic mass is 10.1. The molecule has 1 N–H and O–H groups in total. The third-order valence-corrected chi connectivity index (χ3v) is 5.13. The zero-order chi connectivity index (χ0) is 15.8. The van der Waals surface area contributed by atoms with Crippen molar-refractivity contribution in [2.45, 2.75) is 18.4 Å². The third-order valence-electron chi connectivity index (χ3n) is 5.13. The smallest absolute Gasteiger partial charge is 0.226 e. The van der Waals surface area contributed by atoms with Gasteiger partial charge in [-0.15, -0.1) is 0 Å². The van der Waals surface area contributed by atoms with E-state index in [-0.39, 0.29) is 12.0 Å². The molecule has 0 unspecified atom stereocenters. The van der Waals surface area contributed by atoms with E-state index in [2.05, 4.69) is 46.2 Å². The molecule has 1 saturated carbocycles. The van der Waals surface area contributed by atoms with Gasteiger partial charge in [0.15, 0.2) is 0 Å². The highest BCUT2D eigenvalue weighted by Gasteiger charge is 2.46. The van der Waals surface area contributed by atoms with Crippen molar-refractivity contribution in [3.8, 4) is 0 Å². The van der Waals surface area contributed by atoms with Crippen molar-refractivity contribution in [3.63, 3.8) is 0 Å². The summed E-state index contributed by atoms with van der Waals surface area (Å²) in [7, 11) is 2.10. The molecule has 2 heterocycles. The van der Waals surface area contributed by atoms with Crippen molar-refractivity contribution in [1.82, 2.24) is 19.8 Å². The Morgan fingerprint density at radius 3 is 2.83 bits per heavy atom. The average molecular weight is 310 g/mol. The fraction of sp³-hybridized carbons (Fsp3) is 0.444. The summed E-state index contributed by atoms with van der Waals surface area (Å²) in [6.07, 6.45) is 4.60. The van der Waals surface area contributed by atoms with Crippen molar-refractivity contribution >= 4 is 5.91 Å². The first-order valence-corrected chi connectivity index (χ1v) is 8.27. The monoisotopic (exact) mass is 310 g/mol. The lowest BCUT2D eigenvalue weighted by Gasteiger charge is -2.38. The molecule has 1 aromatic heterocycles. The number of H-pyrrole nitrogens is 1. The fourth-order valence-corrected chi connectivity index (χ4v) is 3.60. The van der Waals surface area contributed by atoms with Gasteiger partial charge < -0.3 is 9.88 Å². The second-order valence-corrected chi connectivity index (χ2v) is 6.61. The van der Waals surface area contributed by atoms with Crippen LogP contribution >= 0.6 is 0 Å². The number of rotatable bonds is 3. The molecule has 23 heavy (non-hydrogen) atoms. The lowest BCUT2D eigenvalue weighted by molar-refractivity contribution is -0.135. The predicted octanol–water partition coefficient (Wildman–Crippen LogP) is 2.03. The van der Waals surface area contributed by atoms with Gasteiger partial charge in [0.25, 0.3) is 0 Å². The molecule has 2 aliphatic rings. The second kappa shape index (κ2) is 5.81. The van der Waals surface area contributed by atoms with E-state index >= 15 is 0 Å². The zero-order valence-electron chi connectivity index (χ0n) is 13.4. The summed E-state index contributed by atoms with van der Waals surface area (Å²) in [4.78, 5) is 24.7. The first-order chi connectivity index (χ1) is 11.2. The van der Waals surface area contributed by atoms with Crippen molar-refractivity contribution < 1.29 is 4.79 Å². The first kappa shape index (κ1) is 14.5. The summed E-state index contributed by atoms with van der Waals surface area (Å²) in [6, 6.07) is 10.6. The maximum atomic E-state index is 12.8. The Bertz CT molecular complexity index is 670. The number of carbonyl (C=O) groups excluding carboxylic acids is 1. The standard InChI is InChI=1S/C18H22N4O/c1-21-9-10-22(12-16(21)17-19-7-8-20-17)18(23)15-11-14(15)13-5-3-2-4-6-13/h2-8,14-16H,9-12H2,1H3,(H,19,20)/t14-,15+,16+/m0/s1. The Hall–Kier alpha value is -2.14. The summed E-state index contributed by atoms with van der Waals surface area (Å²) < 4.78 is 0. The number of imidazole rings is 1. The molecule has 3 atom stereocenters. The number of amides is 1. The van der Waals surface area contributed by atoms with E-state index in [1.54, 1.807) is 6.20 Å². The van der Waals surface area contributed by atoms with Gasteiger partial charge >= 0.3 is 0 Å². The molecule has 4 rings (SSSR count). The first-order valence-electron chi connectivity index (χ1n) is 8.27. The van der Waals surface area contributed by atoms with Gasteiger partial charge in [-0.1, -0.05) is 30.3 Å². The molecule has 1 aromatic carbocycles. The molecular formula is C18H22N4O. The summed E-state index contributed by atoms with van der Waals surface area (Å²) in [6.45, 7) is 2.42. The van der Waals surface area contributed by atoms with Crippen LogP contribution < -0.4 is 0 Å². The van der Waals surface area contributed by atoms with Crippen LogP contribution in [0.15, 0.2) is 42.7 Å². The fourth-order valence-electron chi connectivity index (χ4n) is 3.60. The van der Waals surface area contributed by atoms with E-state index in [9.17, 15) is 4.79 Å². The van der Waals surface area contributed by atoms with Crippen molar-refractivity contribution in [2.75, 3.05) is 26.7 Å². The number of aromatic nitrogens is 2. The van der Waals surface area contributed by atoms with Crippen LogP contribution in [0.4, 0.5) is 0 Å². The number of aromatic amines is 1. The molecule has 0 bridgehead atoms. The van der Waals surface area contributed by atoms with E-state index in [4.69, 9.17) is 0 Å². The van der Waals surface area contributed by atoms with E-state index in [1.807, 2.05) is 17.2 Å². The quantitative estimate of drug-likeness (QED) is 0.944. The van der Waals surface area contributed by atoms with Crippen molar-refractivity contribution in [2.24, 2.45) is 5.92 Å². The average Bonchev–Trinajstić information content (AvgIpc) is 3.21. The molecule has 5 nitrogen and oxygen atoms in total. The molecule has 120 valence electrons. The second-order valence-electron chi connectivity index (χ2n) is 6.61. The SMILES string of the molecule is CN1CCN(C(=O)[C@@H]2C[C@H]2c2ccccc2)C[C@@H]1c1ncc[nH]1. The van der Waals surface area contributed by atoms with Crippen molar-refractivity contribution in [1.29, 1.82) is 0 Å². The summed E-state index contributed by atoms with van der Waals surface area (Å²) in [5, 5.41) is 0. The van der Waals surface area contributed by atoms with Crippen LogP contribution in [0, 0.1) is 5.92 Å². The number of nitrogens with one attached hydrogen (secondary N) is 1. The molecule has 5 heteroatoms. The summed E-state index contributed by atoms with van der Waals surface area (Å²) in [5.41, 5.74) is 1.29. The Labute approximate surface area is 136 Å². The van der Waals surface area contributed by atoms with Gasteiger partial charge in [0.1, 0.15) is 5.82 Å². The maximum absolute atomic E-state index is 12.8. The highest BCUT2D eigenvalue weighted by molar-refractivity contribution is 5.83. The molecule has 0 radical (unpaired) electrons. The van der Waals surface area contributed by atoms with Crippen LogP contribution in [-0.4, -0.2) is 52.4 Å². The molecule has 2 aromatic rings. The molecule has 2 fully saturated rings. The van der Waals surface area contributed by atoms with Gasteiger partial charge in [-0.25, -0.2) is 4.98 Å². The minimum Gasteiger partial charge on any atom is -0.347 e. The minimum absolute atomic E-state index is 0.164. The number of likely N-dealkylation sites (N-methyl/N-ethyl adjacent to an activating group) is 1. The number of piperazine rings is 1. The number of hydrogen-bond donors (Lipinski definition) is 1. The van der Waals surface area contributed by atoms with Gasteiger partial charge in [-0.05, 0) is 24.9 Å². The summed E-state index contributed by atoms with van der Waals surface area (Å²) >= 11 is 0. The number of nitrogens with zero attached hydrogens (tertiary/aromatic N) is 3. The van der Waals surface area contributed by atoms with Gasteiger partial charge in [0.2, 0.25) is 5.91 Å². The van der Waals surface area contributed by atoms with Gasteiger partial charge in [-0.3, -0.25) is 9.69 Å². The molecular weight excluding hydrogens is 288 g/mol. The Morgan fingerprint density at radius 1 is 1.26 bits per heavy atom. The van der Waals surface area contributed by atoms with Crippen LogP contribution in [0.3, 0.4) is 0 Å². The van der Waals surface area contributed by atoms with Gasteiger partial charge in [-0.2, -0.15) is 0 Å². The summed E-state index contributed by atoms with van der Waals surface area (Å²) in [5.74, 6) is 1.83. The topological polar surface area (TPSA) is 52.2 Å². The molecule has 1 aliphatic heterocycles. The van der Waals surface area contributed by atoms with E-state index in [0.29, 0.717) is 11.8 Å². The van der Waals surface area contributed by atoms with Gasteiger partial charge in [0, 0.05) is 37.9 Å². The highest BCUT2D eigenvalue weighted by atomic mass is 16.2. The van der Waals surface area contributed by atoms with Crippen LogP contribution in [-0.2, 0) is 4.79 Å². The van der Waals surface area contributed by atoms with E-state index in [0.717, 1.165) is 31.9 Å². The van der Waals surface area contributed by atoms with Crippen LogP contribution in [0.2, 0.25) is 0 Å². The van der Waals surface area contributed by atoms with Crippen LogP contribution in [0.5, 0.6) is 0 Å². The van der Waals surface area contributed by atoms with Crippen LogP contribution in [0.1, 0.15) is 29.8 Å². The Balaban J connectivity index is 1.43. The molecule has 0 spiro atoms. The lowest BCUT2D eigenvalue weighted by Crippen LogP contribution is -2.49. The van der Waals surface area contributed by atoms with E-state index < -0.39 is 0 Å². The Morgan fingerprint density at radius 2 is 2.09 bits per heavy atom. The number of carbonyl (C=O) groups is 1. The Kier molecular flexibility index (Phi) is 3.65. The largest absolute Gasteiger partial charge is 0.347 e. The zero-order valence-corrected chi connectivity index (χ0v) is 13.4. The van der Waals surface area contributed by atoms with Crippen LogP contribution in [0.25, 0.3) is 0 Å².